The van der Waals surface area contributed by atoms with Crippen LogP contribution in [0.15, 0.2) is 0 Å². The maximum atomic E-state index is 9.00. The summed E-state index contributed by atoms with van der Waals surface area (Å²) in [6.45, 7) is 6.67. The van der Waals surface area contributed by atoms with Gasteiger partial charge in [-0.2, -0.15) is 0 Å². The monoisotopic (exact) mass is 219 g/mol. The average Bonchev–Trinajstić information content (AvgIpc) is 2.25. The van der Waals surface area contributed by atoms with Crippen molar-refractivity contribution in [3.05, 3.63) is 0 Å². The van der Waals surface area contributed by atoms with E-state index in [-0.39, 0.29) is 6.61 Å². The summed E-state index contributed by atoms with van der Waals surface area (Å²) in [7, 11) is 3.43. The molecule has 4 nitrogen and oxygen atoms in total. The molecule has 0 aliphatic rings. The number of aliphatic hydroxyl groups excluding tert-OH is 1. The number of nitrogens with zero attached hydrogens (tertiary/aromatic N) is 1. The summed E-state index contributed by atoms with van der Waals surface area (Å²) in [4.78, 5) is 2.31. The van der Waals surface area contributed by atoms with Gasteiger partial charge in [0.25, 0.3) is 0 Å². The molecule has 0 rings (SSSR count). The lowest BCUT2D eigenvalue weighted by Gasteiger charge is -2.24. The molecule has 92 valence electrons. The third-order valence-corrected chi connectivity index (χ3v) is 2.32. The van der Waals surface area contributed by atoms with E-state index in [1.54, 1.807) is 14.2 Å². The summed E-state index contributed by atoms with van der Waals surface area (Å²) < 4.78 is 10.1. The van der Waals surface area contributed by atoms with E-state index in [4.69, 9.17) is 14.6 Å². The Balaban J connectivity index is 3.72. The molecule has 0 aromatic heterocycles. The van der Waals surface area contributed by atoms with E-state index in [2.05, 4.69) is 11.8 Å². The summed E-state index contributed by atoms with van der Waals surface area (Å²) in [5, 5.41) is 9.00. The van der Waals surface area contributed by atoms with Crippen LogP contribution in [0.1, 0.15) is 13.3 Å². The van der Waals surface area contributed by atoms with Gasteiger partial charge in [0.2, 0.25) is 0 Å². The number of hydrogen-bond donors (Lipinski definition) is 1. The molecule has 0 bridgehead atoms. The molecule has 0 aromatic rings. The summed E-state index contributed by atoms with van der Waals surface area (Å²) in [6, 6.07) is 0. The highest BCUT2D eigenvalue weighted by molar-refractivity contribution is 4.62. The maximum Gasteiger partial charge on any atom is 0.0589 e. The molecule has 0 saturated carbocycles. The number of hydrogen-bond acceptors (Lipinski definition) is 4. The first kappa shape index (κ1) is 14.8. The van der Waals surface area contributed by atoms with Gasteiger partial charge in [-0.1, -0.05) is 6.92 Å². The normalized spacial score (nSPS) is 13.4. The minimum atomic E-state index is 0.244. The summed E-state index contributed by atoms with van der Waals surface area (Å²) in [6.07, 6.45) is 1.03. The van der Waals surface area contributed by atoms with E-state index in [1.165, 1.54) is 0 Å². The van der Waals surface area contributed by atoms with Gasteiger partial charge in [0.05, 0.1) is 6.61 Å². The van der Waals surface area contributed by atoms with E-state index in [0.29, 0.717) is 5.92 Å². The Morgan fingerprint density at radius 2 is 1.80 bits per heavy atom. The third kappa shape index (κ3) is 8.81. The van der Waals surface area contributed by atoms with Crippen molar-refractivity contribution in [2.75, 3.05) is 53.7 Å². The highest BCUT2D eigenvalue weighted by Crippen LogP contribution is 2.00. The van der Waals surface area contributed by atoms with Crippen LogP contribution in [0.25, 0.3) is 0 Å². The fourth-order valence-corrected chi connectivity index (χ4v) is 1.45. The van der Waals surface area contributed by atoms with Crippen molar-refractivity contribution in [1.82, 2.24) is 4.90 Å². The Labute approximate surface area is 93.2 Å². The topological polar surface area (TPSA) is 41.9 Å². The molecule has 1 atom stereocenters. The van der Waals surface area contributed by atoms with Crippen molar-refractivity contribution in [3.63, 3.8) is 0 Å². The fraction of sp³-hybridized carbons (Fsp3) is 1.00. The Morgan fingerprint density at radius 3 is 2.33 bits per heavy atom. The number of methoxy groups -OCH3 is 2. The van der Waals surface area contributed by atoms with Gasteiger partial charge >= 0.3 is 0 Å². The van der Waals surface area contributed by atoms with Crippen molar-refractivity contribution in [3.8, 4) is 0 Å². The lowest BCUT2D eigenvalue weighted by Crippen LogP contribution is -2.34. The van der Waals surface area contributed by atoms with E-state index < -0.39 is 0 Å². The van der Waals surface area contributed by atoms with Crippen LogP contribution in [-0.2, 0) is 9.47 Å². The largest absolute Gasteiger partial charge is 0.396 e. The lowest BCUT2D eigenvalue weighted by molar-refractivity contribution is 0.112. The maximum absolute atomic E-state index is 9.00. The Morgan fingerprint density at radius 1 is 1.13 bits per heavy atom. The van der Waals surface area contributed by atoms with Gasteiger partial charge in [0, 0.05) is 47.1 Å². The third-order valence-electron chi connectivity index (χ3n) is 2.32. The highest BCUT2D eigenvalue weighted by atomic mass is 16.5. The van der Waals surface area contributed by atoms with E-state index in [0.717, 1.165) is 39.3 Å². The van der Waals surface area contributed by atoms with E-state index >= 15 is 0 Å². The van der Waals surface area contributed by atoms with Crippen LogP contribution in [0.4, 0.5) is 0 Å². The Kier molecular flexibility index (Phi) is 10.3. The standard InChI is InChI=1S/C11H25NO3/c1-11(10-13)9-12(6-8-15-3)5-4-7-14-2/h11,13H,4-10H2,1-3H3. The molecule has 4 heteroatoms. The molecule has 15 heavy (non-hydrogen) atoms. The molecule has 0 aliphatic heterocycles. The summed E-state index contributed by atoms with van der Waals surface area (Å²) >= 11 is 0. The minimum absolute atomic E-state index is 0.244. The van der Waals surface area contributed by atoms with Crippen molar-refractivity contribution in [2.24, 2.45) is 5.92 Å². The summed E-state index contributed by atoms with van der Waals surface area (Å²) in [5.74, 6) is 0.324. The molecule has 1 unspecified atom stereocenters. The Bertz CT molecular complexity index is 133. The predicted octanol–water partition coefficient (Wildman–Crippen LogP) is 0.600. The van der Waals surface area contributed by atoms with Crippen LogP contribution in [0.5, 0.6) is 0 Å². The van der Waals surface area contributed by atoms with Gasteiger partial charge in [0.15, 0.2) is 0 Å². The predicted molar refractivity (Wildman–Crippen MR) is 61.1 cm³/mol. The first-order valence-corrected chi connectivity index (χ1v) is 5.55. The van der Waals surface area contributed by atoms with Crippen LogP contribution in [0.3, 0.4) is 0 Å². The fourth-order valence-electron chi connectivity index (χ4n) is 1.45. The van der Waals surface area contributed by atoms with E-state index in [9.17, 15) is 0 Å². The summed E-state index contributed by atoms with van der Waals surface area (Å²) in [5.41, 5.74) is 0. The van der Waals surface area contributed by atoms with Gasteiger partial charge in [0.1, 0.15) is 0 Å². The van der Waals surface area contributed by atoms with Gasteiger partial charge in [-0.25, -0.2) is 0 Å². The zero-order chi connectivity index (χ0) is 11.5. The zero-order valence-corrected chi connectivity index (χ0v) is 10.2. The molecular formula is C11H25NO3. The number of aliphatic hydroxyl groups is 1. The van der Waals surface area contributed by atoms with Crippen LogP contribution in [0, 0.1) is 5.92 Å². The van der Waals surface area contributed by atoms with Gasteiger partial charge in [-0.3, -0.25) is 0 Å². The molecule has 0 saturated heterocycles. The highest BCUT2D eigenvalue weighted by Gasteiger charge is 2.08. The van der Waals surface area contributed by atoms with Crippen LogP contribution >= 0.6 is 0 Å². The quantitative estimate of drug-likeness (QED) is 0.546. The average molecular weight is 219 g/mol. The SMILES string of the molecule is COCCCN(CCOC)CC(C)CO. The Hall–Kier alpha value is -0.160. The molecule has 0 amide bonds. The zero-order valence-electron chi connectivity index (χ0n) is 10.2. The second-order valence-electron chi connectivity index (χ2n) is 3.93. The van der Waals surface area contributed by atoms with Crippen LogP contribution in [-0.4, -0.2) is 63.7 Å². The van der Waals surface area contributed by atoms with Gasteiger partial charge < -0.3 is 19.5 Å². The molecule has 0 spiro atoms. The molecule has 1 N–H and O–H groups in total. The number of rotatable bonds is 10. The van der Waals surface area contributed by atoms with E-state index in [1.807, 2.05) is 0 Å². The molecule has 0 aliphatic carbocycles. The number of ether oxygens (including phenoxy) is 2. The second-order valence-corrected chi connectivity index (χ2v) is 3.93. The van der Waals surface area contributed by atoms with Crippen LogP contribution in [0.2, 0.25) is 0 Å². The molecule has 0 heterocycles. The second kappa shape index (κ2) is 10.4. The van der Waals surface area contributed by atoms with Crippen molar-refractivity contribution in [1.29, 1.82) is 0 Å². The lowest BCUT2D eigenvalue weighted by atomic mass is 10.2. The first-order chi connectivity index (χ1) is 7.24. The molecule has 0 fully saturated rings. The van der Waals surface area contributed by atoms with Crippen molar-refractivity contribution in [2.45, 2.75) is 13.3 Å². The molecule has 0 radical (unpaired) electrons. The first-order valence-electron chi connectivity index (χ1n) is 5.55. The van der Waals surface area contributed by atoms with Gasteiger partial charge in [-0.05, 0) is 12.3 Å². The van der Waals surface area contributed by atoms with Gasteiger partial charge in [-0.15, -0.1) is 0 Å². The smallest absolute Gasteiger partial charge is 0.0589 e. The van der Waals surface area contributed by atoms with Crippen LogP contribution < -0.4 is 0 Å². The molecular weight excluding hydrogens is 194 g/mol. The van der Waals surface area contributed by atoms with Crippen molar-refractivity contribution < 1.29 is 14.6 Å². The minimum Gasteiger partial charge on any atom is -0.396 e. The van der Waals surface area contributed by atoms with Crippen molar-refractivity contribution >= 4 is 0 Å². The molecule has 0 aromatic carbocycles.